The maximum absolute atomic E-state index is 12.6. The minimum Gasteiger partial charge on any atom is -0.464 e. The molecule has 0 N–H and O–H groups in total. The standard InChI is InChI=1S/C23H18N2O2S/c26-23(25-12-17-3-1-2-4-18(17)13-25)8-6-19-14-27-22-7-5-16(10-21(19)22)9-20-11-24-15-28-20/h1-11,14H,12-13,15H2. The van der Waals surface area contributed by atoms with E-state index in [0.717, 1.165) is 32.9 Å². The van der Waals surface area contributed by atoms with Gasteiger partial charge in [-0.2, -0.15) is 0 Å². The van der Waals surface area contributed by atoms with E-state index in [2.05, 4.69) is 29.3 Å². The van der Waals surface area contributed by atoms with E-state index in [1.807, 2.05) is 41.5 Å². The zero-order valence-corrected chi connectivity index (χ0v) is 16.0. The largest absolute Gasteiger partial charge is 0.464 e. The molecule has 138 valence electrons. The normalized spacial score (nSPS) is 17.3. The third-order valence-electron chi connectivity index (χ3n) is 5.02. The van der Waals surface area contributed by atoms with Gasteiger partial charge in [0.25, 0.3) is 0 Å². The Kier molecular flexibility index (Phi) is 4.37. The number of amides is 1. The molecule has 4 nitrogen and oxygen atoms in total. The summed E-state index contributed by atoms with van der Waals surface area (Å²) in [5, 5.41) is 1.00. The van der Waals surface area contributed by atoms with Gasteiger partial charge in [-0.3, -0.25) is 9.79 Å². The van der Waals surface area contributed by atoms with Crippen molar-refractivity contribution in [1.29, 1.82) is 0 Å². The molecule has 0 saturated carbocycles. The van der Waals surface area contributed by atoms with E-state index < -0.39 is 0 Å². The van der Waals surface area contributed by atoms with Gasteiger partial charge in [0.2, 0.25) is 5.91 Å². The summed E-state index contributed by atoms with van der Waals surface area (Å²) in [7, 11) is 0. The number of fused-ring (bicyclic) bond motifs is 2. The summed E-state index contributed by atoms with van der Waals surface area (Å²) < 4.78 is 5.65. The Morgan fingerprint density at radius 2 is 1.96 bits per heavy atom. The van der Waals surface area contributed by atoms with Crippen LogP contribution in [0.1, 0.15) is 22.3 Å². The number of nitrogens with zero attached hydrogens (tertiary/aromatic N) is 2. The van der Waals surface area contributed by atoms with Crippen molar-refractivity contribution in [2.45, 2.75) is 13.1 Å². The maximum atomic E-state index is 12.6. The van der Waals surface area contributed by atoms with Crippen molar-refractivity contribution < 1.29 is 9.21 Å². The average molecular weight is 386 g/mol. The molecule has 0 aliphatic carbocycles. The van der Waals surface area contributed by atoms with Gasteiger partial charge in [-0.25, -0.2) is 0 Å². The Bertz CT molecular complexity index is 1130. The smallest absolute Gasteiger partial charge is 0.247 e. The number of hydrogen-bond acceptors (Lipinski definition) is 4. The summed E-state index contributed by atoms with van der Waals surface area (Å²) in [4.78, 5) is 19.9. The molecule has 5 rings (SSSR count). The number of furan rings is 1. The van der Waals surface area contributed by atoms with Crippen molar-refractivity contribution in [3.05, 3.63) is 82.0 Å². The number of rotatable bonds is 3. The van der Waals surface area contributed by atoms with Crippen LogP contribution in [0.5, 0.6) is 0 Å². The fraction of sp³-hybridized carbons (Fsp3) is 0.130. The molecule has 0 bridgehead atoms. The number of benzene rings is 2. The van der Waals surface area contributed by atoms with E-state index in [9.17, 15) is 4.79 Å². The monoisotopic (exact) mass is 386 g/mol. The number of allylic oxidation sites excluding steroid dienone is 1. The summed E-state index contributed by atoms with van der Waals surface area (Å²) in [6, 6.07) is 14.3. The zero-order valence-electron chi connectivity index (χ0n) is 15.2. The minimum atomic E-state index is 0.0161. The third kappa shape index (κ3) is 3.29. The molecule has 5 heteroatoms. The van der Waals surface area contributed by atoms with Crippen LogP contribution in [0.25, 0.3) is 23.1 Å². The summed E-state index contributed by atoms with van der Waals surface area (Å²) in [5.74, 6) is 0.804. The molecule has 28 heavy (non-hydrogen) atoms. The highest BCUT2D eigenvalue weighted by molar-refractivity contribution is 8.04. The Morgan fingerprint density at radius 1 is 1.14 bits per heavy atom. The van der Waals surface area contributed by atoms with E-state index in [4.69, 9.17) is 4.42 Å². The Hall–Kier alpha value is -3.05. The topological polar surface area (TPSA) is 45.8 Å². The number of thioether (sulfide) groups is 1. The molecule has 1 amide bonds. The summed E-state index contributed by atoms with van der Waals surface area (Å²) in [6.45, 7) is 1.34. The number of hydrogen-bond donors (Lipinski definition) is 0. The van der Waals surface area contributed by atoms with Gasteiger partial charge < -0.3 is 9.32 Å². The van der Waals surface area contributed by atoms with Crippen molar-refractivity contribution in [2.24, 2.45) is 4.99 Å². The predicted molar refractivity (Wildman–Crippen MR) is 115 cm³/mol. The van der Waals surface area contributed by atoms with Crippen molar-refractivity contribution >= 4 is 47.0 Å². The number of carbonyl (C=O) groups excluding carboxylic acids is 1. The lowest BCUT2D eigenvalue weighted by Gasteiger charge is -2.12. The lowest BCUT2D eigenvalue weighted by atomic mass is 10.1. The molecule has 2 aliphatic rings. The summed E-state index contributed by atoms with van der Waals surface area (Å²) in [6.07, 6.45) is 9.21. The van der Waals surface area contributed by atoms with Crippen LogP contribution in [0.3, 0.4) is 0 Å². The molecule has 2 aliphatic heterocycles. The maximum Gasteiger partial charge on any atom is 0.247 e. The molecule has 0 radical (unpaired) electrons. The van der Waals surface area contributed by atoms with Crippen LogP contribution in [0.4, 0.5) is 0 Å². The Balaban J connectivity index is 1.37. The van der Waals surface area contributed by atoms with Crippen LogP contribution < -0.4 is 0 Å². The zero-order chi connectivity index (χ0) is 18.9. The SMILES string of the molecule is O=C(C=Cc1coc2ccc(C=C3C=NCS3)cc12)N1Cc2ccccc2C1. The highest BCUT2D eigenvalue weighted by Gasteiger charge is 2.21. The van der Waals surface area contributed by atoms with Gasteiger partial charge in [-0.1, -0.05) is 30.3 Å². The molecule has 0 spiro atoms. The van der Waals surface area contributed by atoms with Crippen LogP contribution in [-0.2, 0) is 17.9 Å². The summed E-state index contributed by atoms with van der Waals surface area (Å²) >= 11 is 1.72. The highest BCUT2D eigenvalue weighted by Crippen LogP contribution is 2.28. The van der Waals surface area contributed by atoms with E-state index in [0.29, 0.717) is 13.1 Å². The van der Waals surface area contributed by atoms with Crippen LogP contribution in [0, 0.1) is 0 Å². The first-order chi connectivity index (χ1) is 13.8. The molecule has 0 atom stereocenters. The molecular weight excluding hydrogens is 368 g/mol. The Morgan fingerprint density at radius 3 is 2.71 bits per heavy atom. The van der Waals surface area contributed by atoms with Gasteiger partial charge in [0.1, 0.15) is 5.58 Å². The molecular formula is C23H18N2O2S. The third-order valence-corrected chi connectivity index (χ3v) is 5.85. The second-order valence-corrected chi connectivity index (χ2v) is 7.89. The van der Waals surface area contributed by atoms with Gasteiger partial charge in [0, 0.05) is 41.2 Å². The minimum absolute atomic E-state index is 0.0161. The van der Waals surface area contributed by atoms with Crippen molar-refractivity contribution in [3.63, 3.8) is 0 Å². The predicted octanol–water partition coefficient (Wildman–Crippen LogP) is 5.10. The first-order valence-corrected chi connectivity index (χ1v) is 10.1. The van der Waals surface area contributed by atoms with Crippen molar-refractivity contribution in [3.8, 4) is 0 Å². The molecule has 0 saturated heterocycles. The molecule has 2 aromatic carbocycles. The van der Waals surface area contributed by atoms with Gasteiger partial charge in [-0.15, -0.1) is 11.8 Å². The lowest BCUT2D eigenvalue weighted by Crippen LogP contribution is -2.22. The molecule has 0 fully saturated rings. The lowest BCUT2D eigenvalue weighted by molar-refractivity contribution is -0.126. The van der Waals surface area contributed by atoms with Gasteiger partial charge in [0.05, 0.1) is 12.1 Å². The fourth-order valence-corrected chi connectivity index (χ4v) is 4.23. The van der Waals surface area contributed by atoms with Gasteiger partial charge in [-0.05, 0) is 41.0 Å². The Labute approximate surface area is 167 Å². The second-order valence-electron chi connectivity index (χ2n) is 6.87. The van der Waals surface area contributed by atoms with Crippen molar-refractivity contribution in [1.82, 2.24) is 4.90 Å². The van der Waals surface area contributed by atoms with Crippen LogP contribution in [0.2, 0.25) is 0 Å². The average Bonchev–Trinajstić information content (AvgIpc) is 3.45. The van der Waals surface area contributed by atoms with E-state index in [1.54, 1.807) is 24.1 Å². The fourth-order valence-electron chi connectivity index (χ4n) is 3.56. The molecule has 3 heterocycles. The van der Waals surface area contributed by atoms with Gasteiger partial charge >= 0.3 is 0 Å². The van der Waals surface area contributed by atoms with Crippen molar-refractivity contribution in [2.75, 3.05) is 5.88 Å². The van der Waals surface area contributed by atoms with E-state index >= 15 is 0 Å². The second kappa shape index (κ2) is 7.17. The number of aliphatic imine (C=N–C) groups is 1. The van der Waals surface area contributed by atoms with Crippen LogP contribution in [0.15, 0.2) is 69.1 Å². The summed E-state index contributed by atoms with van der Waals surface area (Å²) in [5.41, 5.74) is 5.28. The quantitative estimate of drug-likeness (QED) is 0.588. The first-order valence-electron chi connectivity index (χ1n) is 9.16. The van der Waals surface area contributed by atoms with Gasteiger partial charge in [0.15, 0.2) is 0 Å². The molecule has 0 unspecified atom stereocenters. The first kappa shape index (κ1) is 17.1. The highest BCUT2D eigenvalue weighted by atomic mass is 32.2. The molecule has 1 aromatic heterocycles. The van der Waals surface area contributed by atoms with E-state index in [1.165, 1.54) is 11.1 Å². The van der Waals surface area contributed by atoms with Crippen LogP contribution in [-0.4, -0.2) is 22.9 Å². The molecule has 3 aromatic rings. The number of carbonyl (C=O) groups is 1. The van der Waals surface area contributed by atoms with Crippen LogP contribution >= 0.6 is 11.8 Å². The van der Waals surface area contributed by atoms with E-state index in [-0.39, 0.29) is 5.91 Å².